The molecular formula is C50H64N10O7. The standard InChI is InChI=1S/C50H64N10O7/c1-33(62)56-43(30-35-17-7-4-8-18-35)47(65)58-41(49(67)60-28-14-22-38(60)32-61)25-13-26-54-45(63)40(24-12-27-55-50(51)52)57-48(66)44(31-37-21-11-20-36-19-9-10-23-39(36)37)59-46(64)42(53-2)29-34-15-5-3-6-16-34/h3-11,15-21,23,32,38,40-44,53H,12-14,22,24-31H2,1-2H3,(H,54,63)(H,56,62)(H,57,66)(H,58,65)(H,59,64)(H4,51,52,55)/t38?,40?,41-,42+,43-,44?/m0/s1. The van der Waals surface area contributed by atoms with E-state index < -0.39 is 71.7 Å². The average molecular weight is 917 g/mol. The molecule has 0 saturated carbocycles. The van der Waals surface area contributed by atoms with E-state index in [9.17, 15) is 33.6 Å². The van der Waals surface area contributed by atoms with Gasteiger partial charge in [0, 0.05) is 39.4 Å². The number of carbonyl (C=O) groups is 7. The molecule has 1 heterocycles. The largest absolute Gasteiger partial charge is 0.370 e. The van der Waals surface area contributed by atoms with E-state index >= 15 is 0 Å². The topological polar surface area (TPSA) is 259 Å². The van der Waals surface area contributed by atoms with Crippen molar-refractivity contribution in [3.05, 3.63) is 120 Å². The first-order valence-corrected chi connectivity index (χ1v) is 22.9. The molecule has 0 bridgehead atoms. The number of likely N-dealkylation sites (N-methyl/N-ethyl adjacent to an activating group) is 1. The van der Waals surface area contributed by atoms with Crippen molar-refractivity contribution >= 4 is 58.5 Å². The fourth-order valence-electron chi connectivity index (χ4n) is 8.28. The minimum Gasteiger partial charge on any atom is -0.370 e. The molecular weight excluding hydrogens is 853 g/mol. The van der Waals surface area contributed by atoms with Gasteiger partial charge in [0.2, 0.25) is 35.4 Å². The van der Waals surface area contributed by atoms with Gasteiger partial charge in [0.15, 0.2) is 5.96 Å². The van der Waals surface area contributed by atoms with Crippen LogP contribution >= 0.6 is 0 Å². The van der Waals surface area contributed by atoms with Crippen LogP contribution in [0.4, 0.5) is 0 Å². The minimum atomic E-state index is -1.09. The quantitative estimate of drug-likeness (QED) is 0.0206. The van der Waals surface area contributed by atoms with Crippen LogP contribution in [0.15, 0.2) is 108 Å². The molecule has 3 unspecified atom stereocenters. The summed E-state index contributed by atoms with van der Waals surface area (Å²) in [4.78, 5) is 99.7. The van der Waals surface area contributed by atoms with E-state index in [4.69, 9.17) is 11.5 Å². The highest BCUT2D eigenvalue weighted by molar-refractivity contribution is 5.95. The number of rotatable bonds is 25. The second kappa shape index (κ2) is 26.1. The van der Waals surface area contributed by atoms with E-state index in [1.54, 1.807) is 7.05 Å². The molecule has 6 amide bonds. The van der Waals surface area contributed by atoms with Gasteiger partial charge < -0.3 is 53.1 Å². The van der Waals surface area contributed by atoms with Crippen LogP contribution in [0.3, 0.4) is 0 Å². The summed E-state index contributed by atoms with van der Waals surface area (Å²) in [7, 11) is 1.68. The fraction of sp³-hybridized carbons (Fsp3) is 0.400. The number of likely N-dealkylation sites (tertiary alicyclic amines) is 1. The molecule has 4 aromatic rings. The number of benzene rings is 4. The zero-order chi connectivity index (χ0) is 48.1. The molecule has 10 N–H and O–H groups in total. The lowest BCUT2D eigenvalue weighted by molar-refractivity contribution is -0.139. The molecule has 17 heteroatoms. The number of nitrogens with two attached hydrogens (primary N) is 2. The number of hydrogen-bond donors (Lipinski definition) is 8. The molecule has 0 radical (unpaired) electrons. The Morgan fingerprint density at radius 1 is 0.672 bits per heavy atom. The second-order valence-corrected chi connectivity index (χ2v) is 16.8. The van der Waals surface area contributed by atoms with Gasteiger partial charge in [-0.15, -0.1) is 0 Å². The summed E-state index contributed by atoms with van der Waals surface area (Å²) in [5.41, 5.74) is 13.7. The van der Waals surface area contributed by atoms with Crippen LogP contribution in [-0.2, 0) is 52.8 Å². The summed E-state index contributed by atoms with van der Waals surface area (Å²) < 4.78 is 0. The first-order valence-electron chi connectivity index (χ1n) is 22.9. The van der Waals surface area contributed by atoms with E-state index in [2.05, 4.69) is 36.9 Å². The molecule has 6 atom stereocenters. The summed E-state index contributed by atoms with van der Waals surface area (Å²) in [5.74, 6) is -3.05. The van der Waals surface area contributed by atoms with Gasteiger partial charge in [-0.25, -0.2) is 0 Å². The number of guanidine groups is 1. The Morgan fingerprint density at radius 3 is 1.88 bits per heavy atom. The van der Waals surface area contributed by atoms with Gasteiger partial charge in [0.05, 0.1) is 12.1 Å². The molecule has 17 nitrogen and oxygen atoms in total. The molecule has 0 aromatic heterocycles. The SMILES string of the molecule is CN[C@H](Cc1ccccc1)C(=O)NC(Cc1cccc2ccccc12)C(=O)NC(CCCN=C(N)N)C(=O)NCCC[C@H](NC(=O)[C@H](Cc1ccccc1)NC(C)=O)C(=O)N1CCCC1C=O. The predicted octanol–water partition coefficient (Wildman–Crippen LogP) is 1.55. The lowest BCUT2D eigenvalue weighted by Gasteiger charge is -2.28. The molecule has 4 aromatic carbocycles. The normalized spacial score (nSPS) is 15.5. The summed E-state index contributed by atoms with van der Waals surface area (Å²) >= 11 is 0. The third-order valence-corrected chi connectivity index (χ3v) is 11.8. The monoisotopic (exact) mass is 916 g/mol. The van der Waals surface area contributed by atoms with Gasteiger partial charge in [0.1, 0.15) is 30.5 Å². The molecule has 1 aliphatic heterocycles. The fourth-order valence-corrected chi connectivity index (χ4v) is 8.28. The Kier molecular flexibility index (Phi) is 19.8. The number of amides is 6. The van der Waals surface area contributed by atoms with Crippen LogP contribution in [0.1, 0.15) is 62.1 Å². The van der Waals surface area contributed by atoms with E-state index in [1.165, 1.54) is 11.8 Å². The van der Waals surface area contributed by atoms with Crippen LogP contribution < -0.4 is 43.4 Å². The average Bonchev–Trinajstić information content (AvgIpc) is 3.81. The molecule has 1 fully saturated rings. The van der Waals surface area contributed by atoms with Gasteiger partial charge in [-0.1, -0.05) is 103 Å². The Balaban J connectivity index is 1.32. The molecule has 1 saturated heterocycles. The number of nitrogens with zero attached hydrogens (tertiary/aromatic N) is 2. The van der Waals surface area contributed by atoms with Crippen molar-refractivity contribution in [2.75, 3.05) is 26.7 Å². The van der Waals surface area contributed by atoms with Crippen LogP contribution in [0.2, 0.25) is 0 Å². The first kappa shape index (κ1) is 50.9. The van der Waals surface area contributed by atoms with Crippen molar-refractivity contribution in [3.8, 4) is 0 Å². The van der Waals surface area contributed by atoms with Crippen molar-refractivity contribution in [1.29, 1.82) is 0 Å². The van der Waals surface area contributed by atoms with E-state index in [1.807, 2.05) is 103 Å². The van der Waals surface area contributed by atoms with Crippen LogP contribution in [-0.4, -0.2) is 116 Å². The van der Waals surface area contributed by atoms with Gasteiger partial charge >= 0.3 is 0 Å². The highest BCUT2D eigenvalue weighted by atomic mass is 16.2. The number of nitrogens with one attached hydrogen (secondary N) is 6. The zero-order valence-corrected chi connectivity index (χ0v) is 38.2. The van der Waals surface area contributed by atoms with Crippen molar-refractivity contribution in [2.24, 2.45) is 16.5 Å². The highest BCUT2D eigenvalue weighted by Gasteiger charge is 2.35. The third kappa shape index (κ3) is 15.8. The first-order chi connectivity index (χ1) is 32.4. The Bertz CT molecular complexity index is 2320. The Morgan fingerprint density at radius 2 is 1.24 bits per heavy atom. The van der Waals surface area contributed by atoms with Gasteiger partial charge in [-0.2, -0.15) is 0 Å². The molecule has 1 aliphatic rings. The second-order valence-electron chi connectivity index (χ2n) is 16.8. The maximum absolute atomic E-state index is 14.4. The molecule has 356 valence electrons. The maximum atomic E-state index is 14.4. The maximum Gasteiger partial charge on any atom is 0.245 e. The van der Waals surface area contributed by atoms with Crippen LogP contribution in [0.25, 0.3) is 10.8 Å². The van der Waals surface area contributed by atoms with E-state index in [-0.39, 0.29) is 51.2 Å². The summed E-state index contributed by atoms with van der Waals surface area (Å²) in [5, 5.41) is 19.2. The smallest absolute Gasteiger partial charge is 0.245 e. The van der Waals surface area contributed by atoms with E-state index in [0.29, 0.717) is 32.2 Å². The summed E-state index contributed by atoms with van der Waals surface area (Å²) in [6.07, 6.45) is 3.29. The van der Waals surface area contributed by atoms with Crippen molar-refractivity contribution in [2.45, 2.75) is 101 Å². The lowest BCUT2D eigenvalue weighted by Crippen LogP contribution is -2.57. The molecule has 67 heavy (non-hydrogen) atoms. The molecule has 0 spiro atoms. The minimum absolute atomic E-state index is 0.0501. The number of aliphatic imine (C=N–C) groups is 1. The lowest BCUT2D eigenvalue weighted by atomic mass is 9.97. The third-order valence-electron chi connectivity index (χ3n) is 11.8. The van der Waals surface area contributed by atoms with Crippen molar-refractivity contribution in [3.63, 3.8) is 0 Å². The van der Waals surface area contributed by atoms with Gasteiger partial charge in [-0.05, 0) is 79.5 Å². The molecule has 5 rings (SSSR count). The summed E-state index contributed by atoms with van der Waals surface area (Å²) in [6.45, 7) is 1.89. The van der Waals surface area contributed by atoms with Crippen molar-refractivity contribution < 1.29 is 33.6 Å². The molecule has 0 aliphatic carbocycles. The van der Waals surface area contributed by atoms with Crippen molar-refractivity contribution in [1.82, 2.24) is 36.8 Å². The highest BCUT2D eigenvalue weighted by Crippen LogP contribution is 2.21. The number of carbonyl (C=O) groups excluding carboxylic acids is 7. The zero-order valence-electron chi connectivity index (χ0n) is 38.2. The number of hydrogen-bond acceptors (Lipinski definition) is 9. The number of fused-ring (bicyclic) bond motifs is 1. The van der Waals surface area contributed by atoms with E-state index in [0.717, 1.165) is 33.7 Å². The Labute approximate surface area is 391 Å². The predicted molar refractivity (Wildman–Crippen MR) is 257 cm³/mol. The van der Waals surface area contributed by atoms with Gasteiger partial charge in [-0.3, -0.25) is 33.8 Å². The van der Waals surface area contributed by atoms with Crippen LogP contribution in [0.5, 0.6) is 0 Å². The Hall–Kier alpha value is -7.14. The summed E-state index contributed by atoms with van der Waals surface area (Å²) in [6, 6.07) is 26.6. The van der Waals surface area contributed by atoms with Gasteiger partial charge in [0.25, 0.3) is 0 Å². The number of aldehydes is 1. The van der Waals surface area contributed by atoms with Crippen LogP contribution in [0, 0.1) is 0 Å².